The Kier molecular flexibility index (Phi) is 3.17. The Hall–Kier alpha value is -1.45. The van der Waals surface area contributed by atoms with Crippen LogP contribution in [0.2, 0.25) is 0 Å². The van der Waals surface area contributed by atoms with E-state index in [1.54, 1.807) is 6.07 Å². The molecule has 1 aromatic rings. The molecule has 1 aliphatic rings. The van der Waals surface area contributed by atoms with Crippen LogP contribution in [0.1, 0.15) is 30.1 Å². The molecule has 1 atom stereocenters. The number of hydrogen-bond donors (Lipinski definition) is 1. The van der Waals surface area contributed by atoms with Crippen LogP contribution in [0.25, 0.3) is 0 Å². The predicted octanol–water partition coefficient (Wildman–Crippen LogP) is 2.00. The molecule has 1 fully saturated rings. The third-order valence-corrected chi connectivity index (χ3v) is 3.02. The third kappa shape index (κ3) is 2.56. The maximum Gasteiger partial charge on any atom is 0.255 e. The van der Waals surface area contributed by atoms with E-state index in [-0.39, 0.29) is 11.5 Å². The fourth-order valence-corrected chi connectivity index (χ4v) is 1.74. The molecular formula is C12H15FN2O. The lowest BCUT2D eigenvalue weighted by Gasteiger charge is -2.11. The number of halogens is 1. The van der Waals surface area contributed by atoms with E-state index in [0.29, 0.717) is 12.5 Å². The van der Waals surface area contributed by atoms with Gasteiger partial charge in [0.2, 0.25) is 5.95 Å². The minimum atomic E-state index is -0.709. The van der Waals surface area contributed by atoms with Crippen LogP contribution < -0.4 is 5.32 Å². The number of nitrogens with zero attached hydrogens (tertiary/aromatic N) is 1. The first-order chi connectivity index (χ1) is 7.68. The van der Waals surface area contributed by atoms with Crippen molar-refractivity contribution < 1.29 is 9.18 Å². The molecule has 0 aromatic carbocycles. The largest absolute Gasteiger partial charge is 0.352 e. The van der Waals surface area contributed by atoms with E-state index in [0.717, 1.165) is 5.92 Å². The molecule has 0 aliphatic heterocycles. The molecule has 0 saturated heterocycles. The Labute approximate surface area is 94.1 Å². The topological polar surface area (TPSA) is 42.0 Å². The van der Waals surface area contributed by atoms with E-state index in [1.165, 1.54) is 25.1 Å². The molecular weight excluding hydrogens is 207 g/mol. The van der Waals surface area contributed by atoms with Gasteiger partial charge in [0.1, 0.15) is 0 Å². The maximum absolute atomic E-state index is 13.2. The zero-order valence-electron chi connectivity index (χ0n) is 9.24. The van der Waals surface area contributed by atoms with Crippen molar-refractivity contribution in [3.05, 3.63) is 29.8 Å². The standard InChI is InChI=1S/C12H15FN2O/c1-8(9-4-5-9)7-15-12(16)10-3-2-6-14-11(10)13/h2-3,6,8-9H,4-5,7H2,1H3,(H,15,16). The molecule has 1 aromatic heterocycles. The first-order valence-electron chi connectivity index (χ1n) is 5.57. The number of aromatic nitrogens is 1. The fraction of sp³-hybridized carbons (Fsp3) is 0.500. The van der Waals surface area contributed by atoms with Gasteiger partial charge in [0.15, 0.2) is 0 Å². The summed E-state index contributed by atoms with van der Waals surface area (Å²) in [4.78, 5) is 15.1. The highest BCUT2D eigenvalue weighted by atomic mass is 19.1. The number of hydrogen-bond acceptors (Lipinski definition) is 2. The molecule has 1 unspecified atom stereocenters. The molecule has 2 rings (SSSR count). The van der Waals surface area contributed by atoms with E-state index < -0.39 is 5.95 Å². The number of amides is 1. The van der Waals surface area contributed by atoms with Crippen LogP contribution in [0.5, 0.6) is 0 Å². The van der Waals surface area contributed by atoms with Crippen molar-refractivity contribution in [2.75, 3.05) is 6.54 Å². The Morgan fingerprint density at radius 1 is 1.69 bits per heavy atom. The second kappa shape index (κ2) is 4.60. The van der Waals surface area contributed by atoms with Gasteiger partial charge < -0.3 is 5.32 Å². The zero-order chi connectivity index (χ0) is 11.5. The molecule has 1 N–H and O–H groups in total. The van der Waals surface area contributed by atoms with Crippen LogP contribution >= 0.6 is 0 Å². The Morgan fingerprint density at radius 2 is 2.44 bits per heavy atom. The normalized spacial score (nSPS) is 16.9. The van der Waals surface area contributed by atoms with Crippen LogP contribution in [-0.2, 0) is 0 Å². The summed E-state index contributed by atoms with van der Waals surface area (Å²) in [5.74, 6) is 0.125. The SMILES string of the molecule is CC(CNC(=O)c1cccnc1F)C1CC1. The molecule has 0 bridgehead atoms. The minimum Gasteiger partial charge on any atom is -0.352 e. The van der Waals surface area contributed by atoms with Crippen LogP contribution in [-0.4, -0.2) is 17.4 Å². The Bertz CT molecular complexity index is 390. The van der Waals surface area contributed by atoms with E-state index >= 15 is 0 Å². The molecule has 4 heteroatoms. The van der Waals surface area contributed by atoms with Gasteiger partial charge in [-0.25, -0.2) is 4.98 Å². The summed E-state index contributed by atoms with van der Waals surface area (Å²) in [7, 11) is 0. The first-order valence-corrected chi connectivity index (χ1v) is 5.57. The molecule has 0 radical (unpaired) electrons. The molecule has 1 amide bonds. The van der Waals surface area contributed by atoms with Crippen LogP contribution in [0.4, 0.5) is 4.39 Å². The lowest BCUT2D eigenvalue weighted by molar-refractivity contribution is 0.0941. The molecule has 86 valence electrons. The molecule has 0 spiro atoms. The van der Waals surface area contributed by atoms with Crippen molar-refractivity contribution in [1.82, 2.24) is 10.3 Å². The number of pyridine rings is 1. The average Bonchev–Trinajstić information content (AvgIpc) is 3.10. The van der Waals surface area contributed by atoms with Gasteiger partial charge in [-0.1, -0.05) is 6.92 Å². The van der Waals surface area contributed by atoms with E-state index in [1.807, 2.05) is 0 Å². The smallest absolute Gasteiger partial charge is 0.255 e. The minimum absolute atomic E-state index is 0.0190. The van der Waals surface area contributed by atoms with Crippen molar-refractivity contribution in [1.29, 1.82) is 0 Å². The average molecular weight is 222 g/mol. The van der Waals surface area contributed by atoms with Crippen LogP contribution in [0.15, 0.2) is 18.3 Å². The number of nitrogens with one attached hydrogen (secondary N) is 1. The highest BCUT2D eigenvalue weighted by Gasteiger charge is 2.28. The van der Waals surface area contributed by atoms with Crippen molar-refractivity contribution in [3.63, 3.8) is 0 Å². The van der Waals surface area contributed by atoms with Gasteiger partial charge in [0, 0.05) is 12.7 Å². The van der Waals surface area contributed by atoms with E-state index in [4.69, 9.17) is 0 Å². The maximum atomic E-state index is 13.2. The Balaban J connectivity index is 1.90. The lowest BCUT2D eigenvalue weighted by Crippen LogP contribution is -2.29. The van der Waals surface area contributed by atoms with Crippen LogP contribution in [0.3, 0.4) is 0 Å². The van der Waals surface area contributed by atoms with Gasteiger partial charge in [0.25, 0.3) is 5.91 Å². The van der Waals surface area contributed by atoms with Crippen molar-refractivity contribution in [2.24, 2.45) is 11.8 Å². The summed E-state index contributed by atoms with van der Waals surface area (Å²) in [5.41, 5.74) is 0.0190. The van der Waals surface area contributed by atoms with Gasteiger partial charge in [-0.05, 0) is 36.8 Å². The summed E-state index contributed by atoms with van der Waals surface area (Å²) in [6, 6.07) is 3.00. The van der Waals surface area contributed by atoms with Crippen molar-refractivity contribution in [3.8, 4) is 0 Å². The first kappa shape index (κ1) is 11.0. The van der Waals surface area contributed by atoms with E-state index in [9.17, 15) is 9.18 Å². The number of rotatable bonds is 4. The predicted molar refractivity (Wildman–Crippen MR) is 58.4 cm³/mol. The molecule has 1 heterocycles. The van der Waals surface area contributed by atoms with Gasteiger partial charge in [-0.15, -0.1) is 0 Å². The quantitative estimate of drug-likeness (QED) is 0.792. The molecule has 1 aliphatic carbocycles. The second-order valence-electron chi connectivity index (χ2n) is 4.37. The molecule has 1 saturated carbocycles. The molecule has 3 nitrogen and oxygen atoms in total. The summed E-state index contributed by atoms with van der Waals surface area (Å²) >= 11 is 0. The molecule has 16 heavy (non-hydrogen) atoms. The van der Waals surface area contributed by atoms with Gasteiger partial charge >= 0.3 is 0 Å². The number of carbonyl (C=O) groups excluding carboxylic acids is 1. The lowest BCUT2D eigenvalue weighted by atomic mass is 10.1. The highest BCUT2D eigenvalue weighted by Crippen LogP contribution is 2.36. The summed E-state index contributed by atoms with van der Waals surface area (Å²) in [6.07, 6.45) is 3.83. The van der Waals surface area contributed by atoms with E-state index in [2.05, 4.69) is 17.2 Å². The number of carbonyl (C=O) groups is 1. The van der Waals surface area contributed by atoms with Gasteiger partial charge in [-0.2, -0.15) is 4.39 Å². The highest BCUT2D eigenvalue weighted by molar-refractivity contribution is 5.94. The zero-order valence-corrected chi connectivity index (χ0v) is 9.24. The Morgan fingerprint density at radius 3 is 3.06 bits per heavy atom. The van der Waals surface area contributed by atoms with Crippen LogP contribution in [0, 0.1) is 17.8 Å². The van der Waals surface area contributed by atoms with Gasteiger partial charge in [0.05, 0.1) is 5.56 Å². The van der Waals surface area contributed by atoms with Crippen molar-refractivity contribution in [2.45, 2.75) is 19.8 Å². The third-order valence-electron chi connectivity index (χ3n) is 3.02. The summed E-state index contributed by atoms with van der Waals surface area (Å²) in [5, 5.41) is 2.74. The summed E-state index contributed by atoms with van der Waals surface area (Å²) in [6.45, 7) is 2.72. The summed E-state index contributed by atoms with van der Waals surface area (Å²) < 4.78 is 13.2. The fourth-order valence-electron chi connectivity index (χ4n) is 1.74. The van der Waals surface area contributed by atoms with Gasteiger partial charge in [-0.3, -0.25) is 4.79 Å². The van der Waals surface area contributed by atoms with Crippen molar-refractivity contribution >= 4 is 5.91 Å². The monoisotopic (exact) mass is 222 g/mol. The second-order valence-corrected chi connectivity index (χ2v) is 4.37.